The molecule has 0 aliphatic carbocycles. The lowest BCUT2D eigenvalue weighted by molar-refractivity contribution is 0.386. The zero-order chi connectivity index (χ0) is 27.6. The monoisotopic (exact) mass is 574 g/mol. The summed E-state index contributed by atoms with van der Waals surface area (Å²) in [6.45, 7) is 2.01. The van der Waals surface area contributed by atoms with Gasteiger partial charge in [-0.1, -0.05) is 59.6 Å². The van der Waals surface area contributed by atoms with Crippen LogP contribution in [0, 0.1) is 0 Å². The molecule has 2 aromatic heterocycles. The number of ether oxygens (including phenoxy) is 2. The second-order valence-electron chi connectivity index (χ2n) is 10.2. The van der Waals surface area contributed by atoms with E-state index in [4.69, 9.17) is 42.6 Å². The summed E-state index contributed by atoms with van der Waals surface area (Å²) in [7, 11) is 3.32. The van der Waals surface area contributed by atoms with Gasteiger partial charge in [-0.25, -0.2) is 9.97 Å². The largest absolute Gasteiger partial charge is 0.481 e. The number of hydrogen-bond donors (Lipinski definition) is 2. The maximum atomic E-state index is 7.06. The number of halogens is 2. The van der Waals surface area contributed by atoms with Crippen molar-refractivity contribution >= 4 is 23.2 Å². The van der Waals surface area contributed by atoms with Gasteiger partial charge in [0.25, 0.3) is 0 Å². The van der Waals surface area contributed by atoms with Crippen molar-refractivity contribution in [2.75, 3.05) is 27.3 Å². The van der Waals surface area contributed by atoms with Gasteiger partial charge in [-0.05, 0) is 63.0 Å². The number of hydrogen-bond acceptors (Lipinski definition) is 6. The Labute approximate surface area is 245 Å². The van der Waals surface area contributed by atoms with Crippen LogP contribution in [-0.4, -0.2) is 37.3 Å². The Morgan fingerprint density at radius 1 is 0.625 bits per heavy atom. The number of benzene rings is 2. The number of rotatable bonds is 7. The highest BCUT2D eigenvalue weighted by atomic mass is 35.5. The molecule has 6 rings (SSSR count). The molecule has 4 heterocycles. The normalized spacial score (nSPS) is 18.7. The van der Waals surface area contributed by atoms with E-state index in [2.05, 4.69) is 22.8 Å². The van der Waals surface area contributed by atoms with E-state index < -0.39 is 0 Å². The zero-order valence-electron chi connectivity index (χ0n) is 22.6. The molecule has 40 heavy (non-hydrogen) atoms. The molecule has 2 aliphatic rings. The standard InChI is InChI=1S/C32H32Cl2N4O2/c1-39-31-23(25-11-5-17-35-25)13-15-27(37-31)21-9-3-7-19(29(21)33)20-8-4-10-22(30(20)34)28-16-14-24(32(38-28)40-2)26-12-6-18-36-26/h3-4,7-10,13-16,25-26,35-36H,5-6,11-12,17-18H2,1-2H3/t25-,26+. The van der Waals surface area contributed by atoms with Gasteiger partial charge in [0.2, 0.25) is 11.8 Å². The summed E-state index contributed by atoms with van der Waals surface area (Å²) in [6.07, 6.45) is 4.44. The van der Waals surface area contributed by atoms with E-state index in [-0.39, 0.29) is 12.1 Å². The summed E-state index contributed by atoms with van der Waals surface area (Å²) in [4.78, 5) is 9.68. The molecule has 2 fully saturated rings. The highest BCUT2D eigenvalue weighted by Crippen LogP contribution is 2.43. The summed E-state index contributed by atoms with van der Waals surface area (Å²) in [5, 5.41) is 8.20. The molecule has 0 unspecified atom stereocenters. The third-order valence-electron chi connectivity index (χ3n) is 7.88. The van der Waals surface area contributed by atoms with E-state index >= 15 is 0 Å². The van der Waals surface area contributed by atoms with E-state index in [1.54, 1.807) is 14.2 Å². The van der Waals surface area contributed by atoms with Crippen molar-refractivity contribution < 1.29 is 9.47 Å². The van der Waals surface area contributed by atoms with Crippen molar-refractivity contribution in [1.82, 2.24) is 20.6 Å². The fourth-order valence-corrected chi connectivity index (χ4v) is 6.48. The van der Waals surface area contributed by atoms with E-state index in [1.807, 2.05) is 48.5 Å². The highest BCUT2D eigenvalue weighted by molar-refractivity contribution is 6.39. The molecule has 8 heteroatoms. The highest BCUT2D eigenvalue weighted by Gasteiger charge is 2.24. The van der Waals surface area contributed by atoms with Crippen LogP contribution in [-0.2, 0) is 0 Å². The van der Waals surface area contributed by atoms with Crippen LogP contribution >= 0.6 is 23.2 Å². The van der Waals surface area contributed by atoms with Crippen LogP contribution in [0.25, 0.3) is 33.6 Å². The lowest BCUT2D eigenvalue weighted by Gasteiger charge is -2.17. The van der Waals surface area contributed by atoms with Crippen molar-refractivity contribution in [1.29, 1.82) is 0 Å². The van der Waals surface area contributed by atoms with Crippen molar-refractivity contribution in [3.05, 3.63) is 81.8 Å². The molecule has 4 aromatic rings. The van der Waals surface area contributed by atoms with Crippen molar-refractivity contribution in [3.8, 4) is 45.4 Å². The Morgan fingerprint density at radius 3 is 1.43 bits per heavy atom. The van der Waals surface area contributed by atoms with Crippen LogP contribution in [0.5, 0.6) is 11.8 Å². The predicted molar refractivity (Wildman–Crippen MR) is 161 cm³/mol. The summed E-state index contributed by atoms with van der Waals surface area (Å²) in [5.41, 5.74) is 6.93. The van der Waals surface area contributed by atoms with Crippen LogP contribution < -0.4 is 20.1 Å². The number of methoxy groups -OCH3 is 2. The zero-order valence-corrected chi connectivity index (χ0v) is 24.1. The lowest BCUT2D eigenvalue weighted by atomic mass is 9.97. The van der Waals surface area contributed by atoms with Crippen molar-refractivity contribution in [2.24, 2.45) is 0 Å². The first-order valence-electron chi connectivity index (χ1n) is 13.7. The first-order valence-corrected chi connectivity index (χ1v) is 14.5. The summed E-state index contributed by atoms with van der Waals surface area (Å²) in [5.74, 6) is 1.24. The van der Waals surface area contributed by atoms with Gasteiger partial charge in [0.1, 0.15) is 0 Å². The third kappa shape index (κ3) is 5.06. The first kappa shape index (κ1) is 27.0. The average molecular weight is 576 g/mol. The first-order chi connectivity index (χ1) is 19.6. The molecular weight excluding hydrogens is 543 g/mol. The van der Waals surface area contributed by atoms with E-state index in [0.29, 0.717) is 21.8 Å². The minimum Gasteiger partial charge on any atom is -0.481 e. The van der Waals surface area contributed by atoms with E-state index in [1.165, 1.54) is 0 Å². The van der Waals surface area contributed by atoms with Crippen LogP contribution in [0.2, 0.25) is 10.0 Å². The SMILES string of the molecule is COc1nc(-c2cccc(-c3cccc(-c4ccc([C@H]5CCCN5)c(OC)n4)c3Cl)c2Cl)ccc1[C@@H]1CCCN1. The molecular formula is C32H32Cl2N4O2. The topological polar surface area (TPSA) is 68.3 Å². The average Bonchev–Trinajstić information content (AvgIpc) is 3.72. The van der Waals surface area contributed by atoms with Gasteiger partial charge in [-0.2, -0.15) is 0 Å². The van der Waals surface area contributed by atoms with Gasteiger partial charge in [0, 0.05) is 45.5 Å². The van der Waals surface area contributed by atoms with Gasteiger partial charge < -0.3 is 20.1 Å². The molecule has 2 N–H and O–H groups in total. The molecule has 2 saturated heterocycles. The van der Waals surface area contributed by atoms with Gasteiger partial charge in [-0.15, -0.1) is 0 Å². The fourth-order valence-electron chi connectivity index (χ4n) is 5.84. The number of nitrogens with one attached hydrogen (secondary N) is 2. The molecule has 0 radical (unpaired) electrons. The Morgan fingerprint density at radius 2 is 1.05 bits per heavy atom. The molecule has 0 amide bonds. The van der Waals surface area contributed by atoms with Crippen LogP contribution in [0.3, 0.4) is 0 Å². The predicted octanol–water partition coefficient (Wildman–Crippen LogP) is 7.65. The van der Waals surface area contributed by atoms with Gasteiger partial charge in [0.15, 0.2) is 0 Å². The molecule has 0 saturated carbocycles. The molecule has 6 nitrogen and oxygen atoms in total. The second-order valence-corrected chi connectivity index (χ2v) is 11.0. The van der Waals surface area contributed by atoms with Crippen LogP contribution in [0.4, 0.5) is 0 Å². The summed E-state index contributed by atoms with van der Waals surface area (Å²) < 4.78 is 11.4. The second kappa shape index (κ2) is 11.8. The van der Waals surface area contributed by atoms with Crippen LogP contribution in [0.15, 0.2) is 60.7 Å². The fraction of sp³-hybridized carbons (Fsp3) is 0.312. The lowest BCUT2D eigenvalue weighted by Crippen LogP contribution is -2.14. The quantitative estimate of drug-likeness (QED) is 0.236. The minimum atomic E-state index is 0.260. The maximum absolute atomic E-state index is 7.06. The minimum absolute atomic E-state index is 0.260. The van der Waals surface area contributed by atoms with Crippen molar-refractivity contribution in [3.63, 3.8) is 0 Å². The molecule has 0 spiro atoms. The Balaban J connectivity index is 1.37. The number of pyridine rings is 2. The third-order valence-corrected chi connectivity index (χ3v) is 8.69. The van der Waals surface area contributed by atoms with Gasteiger partial charge in [-0.3, -0.25) is 0 Å². The van der Waals surface area contributed by atoms with E-state index in [0.717, 1.165) is 83.5 Å². The molecule has 2 aromatic carbocycles. The van der Waals surface area contributed by atoms with E-state index in [9.17, 15) is 0 Å². The van der Waals surface area contributed by atoms with Crippen LogP contribution in [0.1, 0.15) is 48.9 Å². The Bertz CT molecular complexity index is 1420. The van der Waals surface area contributed by atoms with Gasteiger partial charge in [0.05, 0.1) is 35.7 Å². The maximum Gasteiger partial charge on any atom is 0.218 e. The summed E-state index contributed by atoms with van der Waals surface area (Å²) >= 11 is 14.1. The Hall–Kier alpha value is -3.16. The molecule has 206 valence electrons. The molecule has 2 aliphatic heterocycles. The Kier molecular flexibility index (Phi) is 7.94. The molecule has 2 atom stereocenters. The number of nitrogens with zero attached hydrogens (tertiary/aromatic N) is 2. The summed E-state index contributed by atoms with van der Waals surface area (Å²) in [6, 6.07) is 20.6. The van der Waals surface area contributed by atoms with Gasteiger partial charge >= 0.3 is 0 Å². The van der Waals surface area contributed by atoms with Crippen molar-refractivity contribution in [2.45, 2.75) is 37.8 Å². The molecule has 0 bridgehead atoms. The smallest absolute Gasteiger partial charge is 0.218 e. The number of aromatic nitrogens is 2.